The number of amides is 1. The third kappa shape index (κ3) is 2.48. The normalized spacial score (nSPS) is 37.3. The Labute approximate surface area is 154 Å². The van der Waals surface area contributed by atoms with E-state index in [1.807, 2.05) is 18.2 Å². The molecule has 3 fully saturated rings. The van der Waals surface area contributed by atoms with E-state index in [-0.39, 0.29) is 47.7 Å². The summed E-state index contributed by atoms with van der Waals surface area (Å²) in [6.45, 7) is 5.04. The van der Waals surface area contributed by atoms with Gasteiger partial charge < -0.3 is 20.3 Å². The molecule has 1 saturated heterocycles. The zero-order chi connectivity index (χ0) is 18.5. The number of phenolic OH excluding ortho intramolecular Hbond substituents is 1. The van der Waals surface area contributed by atoms with Crippen molar-refractivity contribution in [1.29, 1.82) is 0 Å². The van der Waals surface area contributed by atoms with Crippen molar-refractivity contribution in [3.05, 3.63) is 29.8 Å². The van der Waals surface area contributed by atoms with E-state index in [9.17, 15) is 9.90 Å². The van der Waals surface area contributed by atoms with E-state index in [1.54, 1.807) is 6.07 Å². The Morgan fingerprint density at radius 2 is 2.12 bits per heavy atom. The smallest absolute Gasteiger partial charge is 0.222 e. The van der Waals surface area contributed by atoms with Crippen molar-refractivity contribution < 1.29 is 19.7 Å². The van der Waals surface area contributed by atoms with Crippen molar-refractivity contribution in [1.82, 2.24) is 5.32 Å². The lowest BCUT2D eigenvalue weighted by molar-refractivity contribution is -0.138. The molecule has 5 atom stereocenters. The summed E-state index contributed by atoms with van der Waals surface area (Å²) in [5.41, 5.74) is 0.898. The molecule has 5 nitrogen and oxygen atoms in total. The van der Waals surface area contributed by atoms with Gasteiger partial charge in [-0.05, 0) is 48.0 Å². The highest BCUT2D eigenvalue weighted by Gasteiger charge is 2.68. The first kappa shape index (κ1) is 17.8. The van der Waals surface area contributed by atoms with Gasteiger partial charge in [0.2, 0.25) is 5.91 Å². The van der Waals surface area contributed by atoms with Crippen LogP contribution in [0.15, 0.2) is 24.3 Å². The van der Waals surface area contributed by atoms with E-state index in [0.717, 1.165) is 24.8 Å². The molecule has 2 aliphatic carbocycles. The minimum atomic E-state index is -0.123. The Kier molecular flexibility index (Phi) is 4.27. The van der Waals surface area contributed by atoms with Crippen molar-refractivity contribution >= 4 is 5.91 Å². The zero-order valence-electron chi connectivity index (χ0n) is 15.6. The van der Waals surface area contributed by atoms with E-state index >= 15 is 0 Å². The summed E-state index contributed by atoms with van der Waals surface area (Å²) in [5.74, 6) is 1.04. The Bertz CT molecular complexity index is 703. The molecule has 3 N–H and O–H groups in total. The van der Waals surface area contributed by atoms with Crippen molar-refractivity contribution in [2.45, 2.75) is 51.7 Å². The number of ether oxygens (including phenoxy) is 1. The number of para-hydroxylation sites is 1. The van der Waals surface area contributed by atoms with Crippen molar-refractivity contribution in [3.63, 3.8) is 0 Å². The maximum Gasteiger partial charge on any atom is 0.222 e. The largest absolute Gasteiger partial charge is 0.508 e. The van der Waals surface area contributed by atoms with Crippen molar-refractivity contribution in [2.75, 3.05) is 13.2 Å². The van der Waals surface area contributed by atoms with Gasteiger partial charge in [-0.1, -0.05) is 32.0 Å². The number of rotatable bonds is 4. The monoisotopic (exact) mass is 359 g/mol. The summed E-state index contributed by atoms with van der Waals surface area (Å²) in [6, 6.07) is 7.53. The van der Waals surface area contributed by atoms with Crippen LogP contribution < -0.4 is 5.32 Å². The van der Waals surface area contributed by atoms with Gasteiger partial charge in [0, 0.05) is 24.6 Å². The third-order valence-electron chi connectivity index (χ3n) is 7.39. The van der Waals surface area contributed by atoms with Crippen LogP contribution in [0.1, 0.15) is 51.2 Å². The summed E-state index contributed by atoms with van der Waals surface area (Å²) in [5, 5.41) is 22.7. The topological polar surface area (TPSA) is 78.8 Å². The van der Waals surface area contributed by atoms with Crippen LogP contribution in [0.25, 0.3) is 0 Å². The van der Waals surface area contributed by atoms with Gasteiger partial charge in [-0.3, -0.25) is 4.79 Å². The fourth-order valence-corrected chi connectivity index (χ4v) is 6.16. The Morgan fingerprint density at radius 1 is 1.35 bits per heavy atom. The number of aromatic hydroxyl groups is 1. The first-order valence-corrected chi connectivity index (χ1v) is 9.70. The number of carbonyl (C=O) groups excluding carboxylic acids is 1. The van der Waals surface area contributed by atoms with Gasteiger partial charge in [0.1, 0.15) is 5.75 Å². The second kappa shape index (κ2) is 6.24. The number of benzene rings is 1. The van der Waals surface area contributed by atoms with Gasteiger partial charge in [-0.15, -0.1) is 0 Å². The van der Waals surface area contributed by atoms with Crippen LogP contribution in [0.2, 0.25) is 0 Å². The van der Waals surface area contributed by atoms with Gasteiger partial charge >= 0.3 is 0 Å². The Balaban J connectivity index is 1.68. The van der Waals surface area contributed by atoms with Gasteiger partial charge in [-0.2, -0.15) is 0 Å². The summed E-state index contributed by atoms with van der Waals surface area (Å²) in [4.78, 5) is 12.3. The summed E-state index contributed by atoms with van der Waals surface area (Å²) < 4.78 is 6.16. The molecule has 0 radical (unpaired) electrons. The van der Waals surface area contributed by atoms with Crippen LogP contribution in [-0.4, -0.2) is 35.4 Å². The highest BCUT2D eigenvalue weighted by atomic mass is 16.5. The highest BCUT2D eigenvalue weighted by Crippen LogP contribution is 2.70. The van der Waals surface area contributed by atoms with E-state index in [2.05, 4.69) is 19.2 Å². The first-order chi connectivity index (χ1) is 12.4. The lowest BCUT2D eigenvalue weighted by Crippen LogP contribution is -2.59. The number of hydrogen-bond acceptors (Lipinski definition) is 4. The van der Waals surface area contributed by atoms with Gasteiger partial charge in [0.25, 0.3) is 0 Å². The molecule has 1 unspecified atom stereocenters. The zero-order valence-corrected chi connectivity index (χ0v) is 15.6. The number of carbonyl (C=O) groups is 1. The molecule has 1 aliphatic heterocycles. The number of aliphatic hydroxyl groups is 1. The van der Waals surface area contributed by atoms with E-state index < -0.39 is 0 Å². The molecule has 0 aromatic heterocycles. The van der Waals surface area contributed by atoms with Gasteiger partial charge in [0.15, 0.2) is 0 Å². The molecular formula is C21H29NO4. The molecule has 3 aliphatic rings. The molecule has 5 heteroatoms. The van der Waals surface area contributed by atoms with Gasteiger partial charge in [0.05, 0.1) is 12.7 Å². The third-order valence-corrected chi connectivity index (χ3v) is 7.39. The van der Waals surface area contributed by atoms with E-state index in [1.165, 1.54) is 0 Å². The van der Waals surface area contributed by atoms with E-state index in [4.69, 9.17) is 9.84 Å². The Morgan fingerprint density at radius 3 is 2.85 bits per heavy atom. The Hall–Kier alpha value is -1.59. The summed E-state index contributed by atoms with van der Waals surface area (Å²) in [6.07, 6.45) is 3.13. The predicted octanol–water partition coefficient (Wildman–Crippen LogP) is 2.77. The van der Waals surface area contributed by atoms with Crippen LogP contribution >= 0.6 is 0 Å². The summed E-state index contributed by atoms with van der Waals surface area (Å²) in [7, 11) is 0. The minimum absolute atomic E-state index is 0.00444. The molecular weight excluding hydrogens is 330 g/mol. The second-order valence-electron chi connectivity index (χ2n) is 8.87. The minimum Gasteiger partial charge on any atom is -0.508 e. The fourth-order valence-electron chi connectivity index (χ4n) is 6.16. The molecule has 26 heavy (non-hydrogen) atoms. The number of hydrogen-bond donors (Lipinski definition) is 3. The maximum atomic E-state index is 12.3. The van der Waals surface area contributed by atoms with Crippen molar-refractivity contribution in [3.8, 4) is 5.75 Å². The molecule has 1 spiro atoms. The molecule has 1 aromatic rings. The lowest BCUT2D eigenvalue weighted by Gasteiger charge is -2.53. The number of fused-ring (bicyclic) bond motifs is 1. The molecule has 1 aromatic carbocycles. The van der Waals surface area contributed by atoms with Crippen LogP contribution in [0.4, 0.5) is 0 Å². The molecule has 1 heterocycles. The quantitative estimate of drug-likeness (QED) is 0.772. The van der Waals surface area contributed by atoms with Crippen molar-refractivity contribution in [2.24, 2.45) is 22.7 Å². The standard InChI is InChI=1S/C21H29NO4/c1-20(2)13-11-15-18(14-5-3-4-6-16(14)24)26-10-8-21(15,12-13)19(20)22-17(25)7-9-23/h3-6,13,15,18-19,23-24H,7-12H2,1-2H3,(H,22,25)/t13-,15-,18-,19-,21?/m1/s1. The molecule has 4 rings (SSSR count). The molecule has 2 saturated carbocycles. The van der Waals surface area contributed by atoms with Crippen LogP contribution in [0.3, 0.4) is 0 Å². The van der Waals surface area contributed by atoms with Crippen LogP contribution in [0, 0.1) is 22.7 Å². The average molecular weight is 359 g/mol. The number of phenols is 1. The molecule has 142 valence electrons. The SMILES string of the molecule is CC1(C)[C@@H]2C[C@@H]3[C@@H](c4ccccc4O)OCCC3(C2)[C@@H]1NC(=O)CCO. The average Bonchev–Trinajstić information content (AvgIpc) is 3.09. The maximum absolute atomic E-state index is 12.3. The highest BCUT2D eigenvalue weighted by molar-refractivity contribution is 5.76. The van der Waals surface area contributed by atoms with E-state index in [0.29, 0.717) is 18.4 Å². The lowest BCUT2D eigenvalue weighted by atomic mass is 9.58. The van der Waals surface area contributed by atoms with Gasteiger partial charge in [-0.25, -0.2) is 0 Å². The summed E-state index contributed by atoms with van der Waals surface area (Å²) >= 11 is 0. The fraction of sp³-hybridized carbons (Fsp3) is 0.667. The number of nitrogens with one attached hydrogen (secondary N) is 1. The second-order valence-corrected chi connectivity index (χ2v) is 8.87. The number of aliphatic hydroxyl groups excluding tert-OH is 1. The first-order valence-electron chi connectivity index (χ1n) is 9.70. The molecule has 1 amide bonds. The van der Waals surface area contributed by atoms with Crippen LogP contribution in [0.5, 0.6) is 5.75 Å². The van der Waals surface area contributed by atoms with Crippen LogP contribution in [-0.2, 0) is 9.53 Å². The predicted molar refractivity (Wildman–Crippen MR) is 97.5 cm³/mol. The molecule has 2 bridgehead atoms.